The van der Waals surface area contributed by atoms with Crippen LogP contribution in [0.5, 0.6) is 17.2 Å². The maximum Gasteiger partial charge on any atom is 0.349 e. The van der Waals surface area contributed by atoms with Gasteiger partial charge in [-0.05, 0) is 29.8 Å². The average Bonchev–Trinajstić information content (AvgIpc) is 2.83. The number of benzene rings is 3. The Bertz CT molecular complexity index is 1370. The molecule has 1 N–H and O–H groups in total. The summed E-state index contributed by atoms with van der Waals surface area (Å²) in [5.41, 5.74) is 0.869. The number of para-hydroxylation sites is 1. The molecule has 0 saturated heterocycles. The van der Waals surface area contributed by atoms with Crippen molar-refractivity contribution in [1.29, 1.82) is 0 Å². The van der Waals surface area contributed by atoms with E-state index in [-0.39, 0.29) is 0 Å². The third kappa shape index (κ3) is 4.24. The number of aromatic nitrogens is 2. The van der Waals surface area contributed by atoms with Gasteiger partial charge in [0.25, 0.3) is 5.56 Å². The molecule has 3 aromatic carbocycles. The highest BCUT2D eigenvalue weighted by molar-refractivity contribution is 5.82. The zero-order valence-corrected chi connectivity index (χ0v) is 17.6. The first-order valence-electron chi connectivity index (χ1n) is 9.82. The predicted octanol–water partition coefficient (Wildman–Crippen LogP) is 3.17. The first kappa shape index (κ1) is 20.9. The Balaban J connectivity index is 1.68. The minimum absolute atomic E-state index is 0.336. The number of rotatable bonds is 7. The Kier molecular flexibility index (Phi) is 6.03. The molecule has 162 valence electrons. The monoisotopic (exact) mass is 431 g/mol. The number of nitrogens with zero attached hydrogens (tertiary/aromatic N) is 2. The largest absolute Gasteiger partial charge is 0.493 e. The third-order valence-electron chi connectivity index (χ3n) is 4.82. The van der Waals surface area contributed by atoms with Crippen molar-refractivity contribution in [3.8, 4) is 17.2 Å². The van der Waals surface area contributed by atoms with Gasteiger partial charge in [-0.15, -0.1) is 4.68 Å². The van der Waals surface area contributed by atoms with Crippen molar-refractivity contribution in [2.75, 3.05) is 14.2 Å². The number of H-pyrrole nitrogens is 1. The van der Waals surface area contributed by atoms with E-state index in [2.05, 4.69) is 10.1 Å². The zero-order valence-electron chi connectivity index (χ0n) is 17.6. The molecule has 0 atom stereocenters. The summed E-state index contributed by atoms with van der Waals surface area (Å²) in [6, 6.07) is 19.8. The molecule has 0 amide bonds. The molecule has 0 spiro atoms. The molecule has 0 aliphatic rings. The molecule has 8 nitrogen and oxygen atoms in total. The van der Waals surface area contributed by atoms with Crippen molar-refractivity contribution < 1.29 is 14.2 Å². The Morgan fingerprint density at radius 1 is 0.938 bits per heavy atom. The van der Waals surface area contributed by atoms with Crippen LogP contribution in [0.1, 0.15) is 11.1 Å². The van der Waals surface area contributed by atoms with Crippen LogP contribution in [0.2, 0.25) is 0 Å². The normalized spacial score (nSPS) is 11.1. The van der Waals surface area contributed by atoms with Gasteiger partial charge in [-0.25, -0.2) is 4.79 Å². The van der Waals surface area contributed by atoms with Crippen molar-refractivity contribution in [2.24, 2.45) is 5.10 Å². The zero-order chi connectivity index (χ0) is 22.5. The number of hydrogen-bond donors (Lipinski definition) is 1. The first-order chi connectivity index (χ1) is 15.6. The lowest BCUT2D eigenvalue weighted by Gasteiger charge is -2.15. The second-order valence-electron chi connectivity index (χ2n) is 6.87. The number of nitrogens with one attached hydrogen (secondary N) is 1. The molecule has 0 radical (unpaired) electrons. The minimum atomic E-state index is -0.633. The lowest BCUT2D eigenvalue weighted by atomic mass is 10.2. The van der Waals surface area contributed by atoms with E-state index in [1.54, 1.807) is 36.4 Å². The number of aromatic amines is 1. The van der Waals surface area contributed by atoms with Gasteiger partial charge in [0.05, 0.1) is 31.3 Å². The summed E-state index contributed by atoms with van der Waals surface area (Å²) in [6.45, 7) is 0.336. The fourth-order valence-corrected chi connectivity index (χ4v) is 3.23. The van der Waals surface area contributed by atoms with Crippen LogP contribution < -0.4 is 25.5 Å². The van der Waals surface area contributed by atoms with Crippen LogP contribution in [0, 0.1) is 0 Å². The van der Waals surface area contributed by atoms with Crippen molar-refractivity contribution in [1.82, 2.24) is 9.66 Å². The van der Waals surface area contributed by atoms with E-state index in [0.717, 1.165) is 10.2 Å². The molecule has 0 unspecified atom stereocenters. The van der Waals surface area contributed by atoms with Crippen molar-refractivity contribution in [2.45, 2.75) is 6.61 Å². The van der Waals surface area contributed by atoms with E-state index < -0.39 is 11.2 Å². The lowest BCUT2D eigenvalue weighted by molar-refractivity contribution is 0.266. The van der Waals surface area contributed by atoms with Crippen molar-refractivity contribution >= 4 is 17.1 Å². The Morgan fingerprint density at radius 2 is 1.59 bits per heavy atom. The topological polar surface area (TPSA) is 94.9 Å². The van der Waals surface area contributed by atoms with Crippen LogP contribution >= 0.6 is 0 Å². The molecular weight excluding hydrogens is 410 g/mol. The van der Waals surface area contributed by atoms with Gasteiger partial charge >= 0.3 is 5.69 Å². The van der Waals surface area contributed by atoms with Gasteiger partial charge in [0.1, 0.15) is 6.61 Å². The minimum Gasteiger partial charge on any atom is -0.493 e. The highest BCUT2D eigenvalue weighted by Crippen LogP contribution is 2.38. The lowest BCUT2D eigenvalue weighted by Crippen LogP contribution is -2.32. The summed E-state index contributed by atoms with van der Waals surface area (Å²) in [5.74, 6) is 1.31. The van der Waals surface area contributed by atoms with E-state index >= 15 is 0 Å². The summed E-state index contributed by atoms with van der Waals surface area (Å²) >= 11 is 0. The fourth-order valence-electron chi connectivity index (χ4n) is 3.23. The van der Waals surface area contributed by atoms with Gasteiger partial charge in [-0.3, -0.25) is 4.79 Å². The van der Waals surface area contributed by atoms with Crippen LogP contribution in [0.25, 0.3) is 10.9 Å². The van der Waals surface area contributed by atoms with E-state index in [9.17, 15) is 9.59 Å². The highest BCUT2D eigenvalue weighted by atomic mass is 16.5. The first-order valence-corrected chi connectivity index (χ1v) is 9.82. The Hall–Kier alpha value is -4.33. The van der Waals surface area contributed by atoms with Crippen molar-refractivity contribution in [3.05, 3.63) is 98.7 Å². The highest BCUT2D eigenvalue weighted by Gasteiger charge is 2.14. The second-order valence-corrected chi connectivity index (χ2v) is 6.87. The summed E-state index contributed by atoms with van der Waals surface area (Å²) in [7, 11) is 3.03. The van der Waals surface area contributed by atoms with Gasteiger partial charge in [-0.1, -0.05) is 42.5 Å². The molecule has 0 saturated carbocycles. The molecule has 0 fully saturated rings. The number of hydrogen-bond acceptors (Lipinski definition) is 6. The van der Waals surface area contributed by atoms with Crippen molar-refractivity contribution in [3.63, 3.8) is 0 Å². The van der Waals surface area contributed by atoms with E-state index in [1.165, 1.54) is 20.4 Å². The standard InChI is InChI=1S/C24H21N3O5/c1-30-20-12-17(13-21(31-2)22(20)32-15-16-8-4-3-5-9-16)14-25-27-23(28)18-10-6-7-11-19(18)26-24(27)29/h3-14H,15H2,1-2H3,(H,26,29). The summed E-state index contributed by atoms with van der Waals surface area (Å²) < 4.78 is 17.7. The number of fused-ring (bicyclic) bond motifs is 1. The van der Waals surface area contributed by atoms with Crippen LogP contribution in [0.15, 0.2) is 81.4 Å². The second kappa shape index (κ2) is 9.22. The van der Waals surface area contributed by atoms with Crippen LogP contribution in [-0.2, 0) is 6.61 Å². The molecule has 4 rings (SSSR count). The predicted molar refractivity (Wildman–Crippen MR) is 122 cm³/mol. The summed E-state index contributed by atoms with van der Waals surface area (Å²) in [6.07, 6.45) is 1.39. The molecule has 32 heavy (non-hydrogen) atoms. The van der Waals surface area contributed by atoms with E-state index in [4.69, 9.17) is 14.2 Å². The quantitative estimate of drug-likeness (QED) is 0.454. The molecule has 0 bridgehead atoms. The van der Waals surface area contributed by atoms with Crippen LogP contribution in [-0.4, -0.2) is 30.1 Å². The molecule has 1 aromatic heterocycles. The molecule has 4 aromatic rings. The van der Waals surface area contributed by atoms with Crippen LogP contribution in [0.3, 0.4) is 0 Å². The van der Waals surface area contributed by atoms with E-state index in [1.807, 2.05) is 30.3 Å². The molecule has 1 heterocycles. The van der Waals surface area contributed by atoms with Gasteiger partial charge in [-0.2, -0.15) is 5.10 Å². The number of ether oxygens (including phenoxy) is 3. The maximum atomic E-state index is 12.7. The van der Waals surface area contributed by atoms with Gasteiger partial charge in [0, 0.05) is 5.56 Å². The van der Waals surface area contributed by atoms with Gasteiger partial charge in [0.15, 0.2) is 11.5 Å². The SMILES string of the molecule is COc1cc(C=Nn2c(=O)[nH]c3ccccc3c2=O)cc(OC)c1OCc1ccccc1. The average molecular weight is 431 g/mol. The smallest absolute Gasteiger partial charge is 0.349 e. The Morgan fingerprint density at radius 3 is 2.28 bits per heavy atom. The molecular formula is C24H21N3O5. The third-order valence-corrected chi connectivity index (χ3v) is 4.82. The molecule has 8 heteroatoms. The Labute approximate surface area is 183 Å². The number of methoxy groups -OCH3 is 2. The summed E-state index contributed by atoms with van der Waals surface area (Å²) in [4.78, 5) is 27.6. The fraction of sp³-hybridized carbons (Fsp3) is 0.125. The van der Waals surface area contributed by atoms with Gasteiger partial charge < -0.3 is 19.2 Å². The molecule has 0 aliphatic heterocycles. The maximum absolute atomic E-state index is 12.7. The summed E-state index contributed by atoms with van der Waals surface area (Å²) in [5, 5.41) is 4.45. The van der Waals surface area contributed by atoms with Crippen LogP contribution in [0.4, 0.5) is 0 Å². The van der Waals surface area contributed by atoms with Gasteiger partial charge in [0.2, 0.25) is 5.75 Å². The molecule has 0 aliphatic carbocycles. The van der Waals surface area contributed by atoms with E-state index in [0.29, 0.717) is 40.3 Å².